The van der Waals surface area contributed by atoms with Crippen molar-refractivity contribution < 1.29 is 4.79 Å². The van der Waals surface area contributed by atoms with Crippen molar-refractivity contribution in [3.05, 3.63) is 51.5 Å². The van der Waals surface area contributed by atoms with Gasteiger partial charge in [-0.05, 0) is 30.2 Å². The first-order valence-corrected chi connectivity index (χ1v) is 9.33. The smallest absolute Gasteiger partial charge is 0.227 e. The third-order valence-electron chi connectivity index (χ3n) is 3.76. The molecule has 0 radical (unpaired) electrons. The molecule has 3 nitrogen and oxygen atoms in total. The topological polar surface area (TPSA) is 42.0 Å². The van der Waals surface area contributed by atoms with Gasteiger partial charge in [-0.3, -0.25) is 4.79 Å². The molecule has 0 aliphatic heterocycles. The summed E-state index contributed by atoms with van der Waals surface area (Å²) in [6.45, 7) is 0.530. The van der Waals surface area contributed by atoms with Crippen LogP contribution in [0.25, 0.3) is 0 Å². The SMILES string of the molecule is CSCc1nc(CNC(=O)[C@H]2CCc3ccccc32)cs1. The molecule has 1 amide bonds. The minimum Gasteiger partial charge on any atom is -0.350 e. The number of thiazole rings is 1. The predicted octanol–water partition coefficient (Wildman–Crippen LogP) is 3.35. The van der Waals surface area contributed by atoms with E-state index in [1.54, 1.807) is 23.1 Å². The maximum absolute atomic E-state index is 12.4. The number of nitrogens with zero attached hydrogens (tertiary/aromatic N) is 1. The van der Waals surface area contributed by atoms with Crippen LogP contribution in [0.3, 0.4) is 0 Å². The Bertz CT molecular complexity index is 639. The first kappa shape index (κ1) is 14.6. The summed E-state index contributed by atoms with van der Waals surface area (Å²) in [6.07, 6.45) is 3.99. The van der Waals surface area contributed by atoms with Crippen LogP contribution in [0.2, 0.25) is 0 Å². The molecule has 1 atom stereocenters. The third-order valence-corrected chi connectivity index (χ3v) is 5.40. The van der Waals surface area contributed by atoms with Crippen molar-refractivity contribution in [2.75, 3.05) is 6.26 Å². The molecule has 3 rings (SSSR count). The monoisotopic (exact) mass is 318 g/mol. The third kappa shape index (κ3) is 3.30. The quantitative estimate of drug-likeness (QED) is 0.919. The molecule has 0 unspecified atom stereocenters. The molecular weight excluding hydrogens is 300 g/mol. The summed E-state index contributed by atoms with van der Waals surface area (Å²) >= 11 is 3.43. The van der Waals surface area contributed by atoms with Crippen LogP contribution in [-0.4, -0.2) is 17.1 Å². The van der Waals surface area contributed by atoms with Crippen LogP contribution in [0.1, 0.15) is 34.2 Å². The minimum atomic E-state index is 0.00510. The van der Waals surface area contributed by atoms with Gasteiger partial charge in [0, 0.05) is 11.1 Å². The zero-order valence-corrected chi connectivity index (χ0v) is 13.6. The first-order chi connectivity index (χ1) is 10.3. The second kappa shape index (κ2) is 6.62. The Morgan fingerprint density at radius 2 is 2.33 bits per heavy atom. The Morgan fingerprint density at radius 1 is 1.48 bits per heavy atom. The van der Waals surface area contributed by atoms with Gasteiger partial charge in [-0.15, -0.1) is 11.3 Å². The zero-order valence-electron chi connectivity index (χ0n) is 12.0. The molecule has 0 saturated heterocycles. The van der Waals surface area contributed by atoms with E-state index in [2.05, 4.69) is 28.7 Å². The number of hydrogen-bond donors (Lipinski definition) is 1. The molecule has 1 heterocycles. The summed E-state index contributed by atoms with van der Waals surface area (Å²) < 4.78 is 0. The van der Waals surface area contributed by atoms with Crippen LogP contribution in [0.15, 0.2) is 29.6 Å². The van der Waals surface area contributed by atoms with Crippen molar-refractivity contribution in [1.82, 2.24) is 10.3 Å². The summed E-state index contributed by atoms with van der Waals surface area (Å²) in [5.74, 6) is 1.07. The number of rotatable bonds is 5. The van der Waals surface area contributed by atoms with E-state index in [0.29, 0.717) is 6.54 Å². The molecule has 0 fully saturated rings. The highest BCUT2D eigenvalue weighted by Gasteiger charge is 2.27. The average Bonchev–Trinajstić information content (AvgIpc) is 3.12. The Labute approximate surface area is 133 Å². The molecule has 1 aliphatic rings. The van der Waals surface area contributed by atoms with Crippen LogP contribution in [0, 0.1) is 0 Å². The molecule has 1 aliphatic carbocycles. The van der Waals surface area contributed by atoms with E-state index in [4.69, 9.17) is 0 Å². The lowest BCUT2D eigenvalue weighted by Crippen LogP contribution is -2.28. The number of aromatic nitrogens is 1. The van der Waals surface area contributed by atoms with Crippen LogP contribution in [-0.2, 0) is 23.5 Å². The van der Waals surface area contributed by atoms with Gasteiger partial charge in [0.2, 0.25) is 5.91 Å². The summed E-state index contributed by atoms with van der Waals surface area (Å²) in [5, 5.41) is 6.19. The maximum atomic E-state index is 12.4. The van der Waals surface area contributed by atoms with Gasteiger partial charge in [0.25, 0.3) is 0 Å². The van der Waals surface area contributed by atoms with Gasteiger partial charge in [0.15, 0.2) is 0 Å². The number of carbonyl (C=O) groups is 1. The molecule has 2 aromatic rings. The molecule has 0 bridgehead atoms. The van der Waals surface area contributed by atoms with E-state index in [-0.39, 0.29) is 11.8 Å². The lowest BCUT2D eigenvalue weighted by Gasteiger charge is -2.11. The number of carbonyl (C=O) groups excluding carboxylic acids is 1. The molecule has 1 aromatic carbocycles. The largest absolute Gasteiger partial charge is 0.350 e. The second-order valence-corrected chi connectivity index (χ2v) is 6.98. The summed E-state index contributed by atoms with van der Waals surface area (Å²) in [7, 11) is 0. The van der Waals surface area contributed by atoms with Gasteiger partial charge in [-0.25, -0.2) is 4.98 Å². The highest BCUT2D eigenvalue weighted by molar-refractivity contribution is 7.97. The molecule has 0 spiro atoms. The predicted molar refractivity (Wildman–Crippen MR) is 88.7 cm³/mol. The van der Waals surface area contributed by atoms with Crippen LogP contribution in [0.5, 0.6) is 0 Å². The fourth-order valence-corrected chi connectivity index (χ4v) is 4.27. The van der Waals surface area contributed by atoms with Crippen LogP contribution >= 0.6 is 23.1 Å². The highest BCUT2D eigenvalue weighted by atomic mass is 32.2. The van der Waals surface area contributed by atoms with Gasteiger partial charge >= 0.3 is 0 Å². The van der Waals surface area contributed by atoms with Gasteiger partial charge in [0.1, 0.15) is 5.01 Å². The Morgan fingerprint density at radius 3 is 3.19 bits per heavy atom. The lowest BCUT2D eigenvalue weighted by atomic mass is 10.0. The van der Waals surface area contributed by atoms with Crippen molar-refractivity contribution in [3.8, 4) is 0 Å². The number of benzene rings is 1. The lowest BCUT2D eigenvalue weighted by molar-refractivity contribution is -0.122. The van der Waals surface area contributed by atoms with Crippen molar-refractivity contribution in [3.63, 3.8) is 0 Å². The van der Waals surface area contributed by atoms with Gasteiger partial charge in [-0.2, -0.15) is 11.8 Å². The van der Waals surface area contributed by atoms with Gasteiger partial charge < -0.3 is 5.32 Å². The second-order valence-electron chi connectivity index (χ2n) is 5.17. The number of aryl methyl sites for hydroxylation is 1. The number of nitrogens with one attached hydrogen (secondary N) is 1. The van der Waals surface area contributed by atoms with E-state index in [9.17, 15) is 4.79 Å². The molecule has 1 aromatic heterocycles. The maximum Gasteiger partial charge on any atom is 0.227 e. The van der Waals surface area contributed by atoms with E-state index >= 15 is 0 Å². The first-order valence-electron chi connectivity index (χ1n) is 7.05. The number of fused-ring (bicyclic) bond motifs is 1. The normalized spacial score (nSPS) is 16.7. The van der Waals surface area contributed by atoms with E-state index in [1.807, 2.05) is 17.5 Å². The molecular formula is C16H18N2OS2. The van der Waals surface area contributed by atoms with Gasteiger partial charge in [-0.1, -0.05) is 24.3 Å². The van der Waals surface area contributed by atoms with Crippen LogP contribution in [0.4, 0.5) is 0 Å². The number of hydrogen-bond acceptors (Lipinski definition) is 4. The molecule has 21 heavy (non-hydrogen) atoms. The fraction of sp³-hybridized carbons (Fsp3) is 0.375. The summed E-state index contributed by atoms with van der Waals surface area (Å²) in [6, 6.07) is 8.25. The van der Waals surface area contributed by atoms with E-state index < -0.39 is 0 Å². The highest BCUT2D eigenvalue weighted by Crippen LogP contribution is 2.32. The van der Waals surface area contributed by atoms with Crippen LogP contribution < -0.4 is 5.32 Å². The van der Waals surface area contributed by atoms with Crippen molar-refractivity contribution in [1.29, 1.82) is 0 Å². The number of amides is 1. The average molecular weight is 318 g/mol. The zero-order chi connectivity index (χ0) is 14.7. The number of thioether (sulfide) groups is 1. The Kier molecular flexibility index (Phi) is 4.60. The van der Waals surface area contributed by atoms with E-state index in [1.165, 1.54) is 11.1 Å². The van der Waals surface area contributed by atoms with Crippen molar-refractivity contribution in [2.45, 2.75) is 31.1 Å². The van der Waals surface area contributed by atoms with Crippen molar-refractivity contribution >= 4 is 29.0 Å². The molecule has 5 heteroatoms. The van der Waals surface area contributed by atoms with Gasteiger partial charge in [0.05, 0.1) is 18.2 Å². The molecule has 0 saturated carbocycles. The Hall–Kier alpha value is -1.33. The fourth-order valence-electron chi connectivity index (χ4n) is 2.75. The minimum absolute atomic E-state index is 0.00510. The van der Waals surface area contributed by atoms with Crippen molar-refractivity contribution in [2.24, 2.45) is 0 Å². The molecule has 1 N–H and O–H groups in total. The standard InChI is InChI=1S/C16H18N2OS2/c1-20-10-15-18-12(9-21-15)8-17-16(19)14-7-6-11-4-2-3-5-13(11)14/h2-5,9,14H,6-8,10H2,1H3,(H,17,19)/t14-/m0/s1. The summed E-state index contributed by atoms with van der Waals surface area (Å²) in [4.78, 5) is 16.9. The van der Waals surface area contributed by atoms with E-state index in [0.717, 1.165) is 29.3 Å². The summed E-state index contributed by atoms with van der Waals surface area (Å²) in [5.41, 5.74) is 3.47. The Balaban J connectivity index is 1.60. The molecule has 110 valence electrons.